The van der Waals surface area contributed by atoms with Crippen molar-refractivity contribution in [1.82, 2.24) is 0 Å². The minimum Gasteiger partial charge on any atom is -0.511 e. The fraction of sp³-hybridized carbons (Fsp3) is 0.423. The lowest BCUT2D eigenvalue weighted by molar-refractivity contribution is -0.123. The van der Waals surface area contributed by atoms with E-state index in [0.29, 0.717) is 23.2 Å². The molecule has 0 saturated heterocycles. The van der Waals surface area contributed by atoms with E-state index in [0.717, 1.165) is 64.9 Å². The Balaban J connectivity index is 1.64. The molecule has 4 aliphatic carbocycles. The molecule has 2 aromatic carbocycles. The Kier molecular flexibility index (Phi) is 4.58. The monoisotopic (exact) mass is 406 g/mol. The van der Waals surface area contributed by atoms with Gasteiger partial charge in [0.2, 0.25) is 0 Å². The summed E-state index contributed by atoms with van der Waals surface area (Å²) in [6, 6.07) is 12.2. The first-order chi connectivity index (χ1) is 14.0. The molecule has 0 unspecified atom stereocenters. The van der Waals surface area contributed by atoms with Gasteiger partial charge in [-0.3, -0.25) is 4.79 Å². The predicted octanol–water partition coefficient (Wildman–Crippen LogP) is 6.78. The Morgan fingerprint density at radius 2 is 1.66 bits per heavy atom. The molecule has 0 aliphatic heterocycles. The number of hydrogen-bond donors (Lipinski definition) is 1. The van der Waals surface area contributed by atoms with E-state index < -0.39 is 0 Å². The average molecular weight is 407 g/mol. The van der Waals surface area contributed by atoms with E-state index in [4.69, 9.17) is 11.6 Å². The summed E-state index contributed by atoms with van der Waals surface area (Å²) in [4.78, 5) is 13.5. The fourth-order valence-corrected chi connectivity index (χ4v) is 6.41. The van der Waals surface area contributed by atoms with Crippen LogP contribution in [-0.4, -0.2) is 10.9 Å². The van der Waals surface area contributed by atoms with Crippen LogP contribution in [-0.2, 0) is 11.2 Å². The van der Waals surface area contributed by atoms with E-state index in [2.05, 4.69) is 32.0 Å². The van der Waals surface area contributed by atoms with Gasteiger partial charge in [-0.1, -0.05) is 36.7 Å². The van der Waals surface area contributed by atoms with Crippen LogP contribution in [0, 0.1) is 30.6 Å². The third-order valence-electron chi connectivity index (χ3n) is 7.60. The maximum Gasteiger partial charge on any atom is 0.170 e. The van der Waals surface area contributed by atoms with Gasteiger partial charge in [0.1, 0.15) is 5.76 Å². The number of hydrogen-bond acceptors (Lipinski definition) is 2. The SMILES string of the molecule is CCc1ccc(-c2ccc(Cl)cc2C)cc1C1=C(O)[C@H]2[C@H]3CC[C@H](CC3)[C@H]2C1=O. The zero-order chi connectivity index (χ0) is 20.3. The highest BCUT2D eigenvalue weighted by molar-refractivity contribution is 6.30. The van der Waals surface area contributed by atoms with Gasteiger partial charge in [-0.2, -0.15) is 0 Å². The minimum absolute atomic E-state index is 0.00290. The molecule has 2 atom stereocenters. The maximum absolute atomic E-state index is 13.5. The molecule has 3 fully saturated rings. The van der Waals surface area contributed by atoms with Crippen LogP contribution in [0.3, 0.4) is 0 Å². The van der Waals surface area contributed by atoms with Crippen molar-refractivity contribution >= 4 is 23.0 Å². The Morgan fingerprint density at radius 3 is 2.28 bits per heavy atom. The number of benzene rings is 2. The molecule has 1 N–H and O–H groups in total. The highest BCUT2D eigenvalue weighted by atomic mass is 35.5. The van der Waals surface area contributed by atoms with Crippen LogP contribution in [0.5, 0.6) is 0 Å². The van der Waals surface area contributed by atoms with Crippen LogP contribution in [0.2, 0.25) is 5.02 Å². The Bertz CT molecular complexity index is 1030. The summed E-state index contributed by atoms with van der Waals surface area (Å²) >= 11 is 6.14. The van der Waals surface area contributed by atoms with E-state index in [1.165, 1.54) is 0 Å². The zero-order valence-corrected chi connectivity index (χ0v) is 17.8. The number of halogens is 1. The fourth-order valence-electron chi connectivity index (χ4n) is 6.19. The second-order valence-electron chi connectivity index (χ2n) is 9.04. The van der Waals surface area contributed by atoms with Crippen LogP contribution in [0.4, 0.5) is 0 Å². The number of ketones is 1. The Hall–Kier alpha value is -2.06. The molecule has 2 aromatic rings. The zero-order valence-electron chi connectivity index (χ0n) is 17.0. The molecule has 4 aliphatic rings. The number of rotatable bonds is 3. The van der Waals surface area contributed by atoms with Crippen LogP contribution in [0.25, 0.3) is 16.7 Å². The van der Waals surface area contributed by atoms with Gasteiger partial charge < -0.3 is 5.11 Å². The van der Waals surface area contributed by atoms with Crippen LogP contribution >= 0.6 is 11.6 Å². The molecule has 0 aromatic heterocycles. The van der Waals surface area contributed by atoms with Crippen molar-refractivity contribution in [3.8, 4) is 11.1 Å². The third-order valence-corrected chi connectivity index (χ3v) is 7.83. The number of fused-ring (bicyclic) bond motifs is 2. The van der Waals surface area contributed by atoms with Gasteiger partial charge in [-0.15, -0.1) is 0 Å². The summed E-state index contributed by atoms with van der Waals surface area (Å²) in [6.45, 7) is 4.16. The van der Waals surface area contributed by atoms with Crippen molar-refractivity contribution in [3.05, 3.63) is 63.9 Å². The summed E-state index contributed by atoms with van der Waals surface area (Å²) in [5, 5.41) is 12.0. The van der Waals surface area contributed by atoms with Crippen LogP contribution in [0.1, 0.15) is 49.3 Å². The molecule has 0 radical (unpaired) electrons. The lowest BCUT2D eigenvalue weighted by atomic mass is 9.59. The molecular weight excluding hydrogens is 380 g/mol. The standard InChI is InChI=1S/C26H27ClO2/c1-3-15-4-9-18(20-11-10-19(27)12-14(20)2)13-21(15)24-25(28)22-16-5-6-17(8-7-16)23(22)26(24)29/h4,9-13,16-17,22-23,28H,3,5-8H2,1-2H3/t16-,17+,22-,23+/m0/s1. The molecule has 0 heterocycles. The highest BCUT2D eigenvalue weighted by Crippen LogP contribution is 2.57. The number of aliphatic hydroxyl groups excluding tert-OH is 1. The molecule has 3 saturated carbocycles. The van der Waals surface area contributed by atoms with Crippen LogP contribution < -0.4 is 0 Å². The number of carbonyl (C=O) groups excluding carboxylic acids is 1. The van der Waals surface area contributed by atoms with Crippen molar-refractivity contribution in [2.75, 3.05) is 0 Å². The summed E-state index contributed by atoms with van der Waals surface area (Å²) < 4.78 is 0. The molecule has 2 bridgehead atoms. The van der Waals surface area contributed by atoms with E-state index in [-0.39, 0.29) is 17.6 Å². The number of aryl methyl sites for hydroxylation is 2. The van der Waals surface area contributed by atoms with Crippen LogP contribution in [0.15, 0.2) is 42.2 Å². The number of Topliss-reactive ketones (excluding diaryl/α,β-unsaturated/α-hetero) is 1. The van der Waals surface area contributed by atoms with E-state index in [9.17, 15) is 9.90 Å². The van der Waals surface area contributed by atoms with Gasteiger partial charge in [0, 0.05) is 16.9 Å². The van der Waals surface area contributed by atoms with Crippen molar-refractivity contribution in [3.63, 3.8) is 0 Å². The number of carbonyl (C=O) groups is 1. The number of aliphatic hydroxyl groups is 1. The molecule has 3 heteroatoms. The highest BCUT2D eigenvalue weighted by Gasteiger charge is 2.54. The van der Waals surface area contributed by atoms with Gasteiger partial charge in [0.15, 0.2) is 5.78 Å². The molecule has 2 nitrogen and oxygen atoms in total. The quantitative estimate of drug-likeness (QED) is 0.609. The third kappa shape index (κ3) is 2.87. The largest absolute Gasteiger partial charge is 0.511 e. The van der Waals surface area contributed by atoms with Gasteiger partial charge in [0.25, 0.3) is 0 Å². The van der Waals surface area contributed by atoms with E-state index in [1.54, 1.807) is 0 Å². The van der Waals surface area contributed by atoms with Gasteiger partial charge in [-0.25, -0.2) is 0 Å². The minimum atomic E-state index is 0.00290. The summed E-state index contributed by atoms with van der Waals surface area (Å²) in [6.07, 6.45) is 5.43. The average Bonchev–Trinajstić information content (AvgIpc) is 3.01. The second kappa shape index (κ2) is 7.02. The smallest absolute Gasteiger partial charge is 0.170 e. The maximum atomic E-state index is 13.5. The Morgan fingerprint density at radius 1 is 0.966 bits per heavy atom. The van der Waals surface area contributed by atoms with Gasteiger partial charge >= 0.3 is 0 Å². The van der Waals surface area contributed by atoms with Crippen molar-refractivity contribution in [2.24, 2.45) is 23.7 Å². The van der Waals surface area contributed by atoms with Crippen molar-refractivity contribution < 1.29 is 9.90 Å². The topological polar surface area (TPSA) is 37.3 Å². The molecule has 6 rings (SSSR count). The first-order valence-corrected chi connectivity index (χ1v) is 11.2. The predicted molar refractivity (Wildman–Crippen MR) is 118 cm³/mol. The molecule has 150 valence electrons. The number of allylic oxidation sites excluding steroid dienone is 2. The van der Waals surface area contributed by atoms with E-state index >= 15 is 0 Å². The normalized spacial score (nSPS) is 28.2. The summed E-state index contributed by atoms with van der Waals surface area (Å²) in [7, 11) is 0. The first-order valence-electron chi connectivity index (χ1n) is 10.9. The molecule has 29 heavy (non-hydrogen) atoms. The van der Waals surface area contributed by atoms with Crippen molar-refractivity contribution in [1.29, 1.82) is 0 Å². The second-order valence-corrected chi connectivity index (χ2v) is 9.47. The van der Waals surface area contributed by atoms with Gasteiger partial charge in [-0.05, 0) is 96.9 Å². The van der Waals surface area contributed by atoms with Gasteiger partial charge in [0.05, 0.1) is 5.57 Å². The first kappa shape index (κ1) is 18.9. The van der Waals surface area contributed by atoms with E-state index in [1.807, 2.05) is 18.2 Å². The molecule has 0 amide bonds. The summed E-state index contributed by atoms with van der Waals surface area (Å²) in [5.41, 5.74) is 5.94. The lowest BCUT2D eigenvalue weighted by Gasteiger charge is -2.44. The molecule has 0 spiro atoms. The molecular formula is C26H27ClO2. The Labute approximate surface area is 177 Å². The van der Waals surface area contributed by atoms with Crippen molar-refractivity contribution in [2.45, 2.75) is 46.0 Å². The lowest BCUT2D eigenvalue weighted by Crippen LogP contribution is -2.41. The summed E-state index contributed by atoms with van der Waals surface area (Å²) in [5.74, 6) is 1.52.